The Kier molecular flexibility index (Phi) is 4.71. The van der Waals surface area contributed by atoms with Crippen LogP contribution in [0.25, 0.3) is 6.08 Å². The van der Waals surface area contributed by atoms with Crippen LogP contribution in [0.1, 0.15) is 11.1 Å². The van der Waals surface area contributed by atoms with E-state index < -0.39 is 0 Å². The maximum atomic E-state index is 12.4. The average Bonchev–Trinajstić information content (AvgIpc) is 2.85. The van der Waals surface area contributed by atoms with Crippen LogP contribution in [-0.4, -0.2) is 30.1 Å². The Morgan fingerprint density at radius 3 is 2.62 bits per heavy atom. The van der Waals surface area contributed by atoms with Gasteiger partial charge in [-0.3, -0.25) is 9.69 Å². The quantitative estimate of drug-likeness (QED) is 0.786. The molecule has 1 aliphatic rings. The molecule has 0 aliphatic carbocycles. The number of carbonyl (C=O) groups excluding carboxylic acids is 1. The molecule has 24 heavy (non-hydrogen) atoms. The number of amides is 1. The van der Waals surface area contributed by atoms with Crippen LogP contribution < -0.4 is 4.74 Å². The summed E-state index contributed by atoms with van der Waals surface area (Å²) in [5.74, 6) is 0.718. The fourth-order valence-electron chi connectivity index (χ4n) is 2.26. The van der Waals surface area contributed by atoms with Gasteiger partial charge >= 0.3 is 0 Å². The van der Waals surface area contributed by atoms with Gasteiger partial charge in [0.15, 0.2) is 5.17 Å². The van der Waals surface area contributed by atoms with E-state index >= 15 is 0 Å². The smallest absolute Gasteiger partial charge is 0.266 e. The van der Waals surface area contributed by atoms with E-state index in [9.17, 15) is 4.79 Å². The van der Waals surface area contributed by atoms with Gasteiger partial charge in [-0.15, -0.1) is 0 Å². The van der Waals surface area contributed by atoms with E-state index in [-0.39, 0.29) is 5.91 Å². The van der Waals surface area contributed by atoms with Gasteiger partial charge in [-0.05, 0) is 54.6 Å². The fourth-order valence-corrected chi connectivity index (χ4v) is 3.25. The van der Waals surface area contributed by atoms with Crippen LogP contribution in [0.3, 0.4) is 0 Å². The van der Waals surface area contributed by atoms with Crippen molar-refractivity contribution in [2.24, 2.45) is 4.99 Å². The first-order valence-electron chi connectivity index (χ1n) is 7.54. The monoisotopic (exact) mass is 338 g/mol. The zero-order valence-electron chi connectivity index (χ0n) is 13.8. The molecule has 0 spiro atoms. The fraction of sp³-hybridized carbons (Fsp3) is 0.158. The average molecular weight is 338 g/mol. The molecule has 0 unspecified atom stereocenters. The highest BCUT2D eigenvalue weighted by atomic mass is 32.2. The lowest BCUT2D eigenvalue weighted by Crippen LogP contribution is -2.23. The van der Waals surface area contributed by atoms with Crippen molar-refractivity contribution in [2.75, 3.05) is 14.2 Å². The summed E-state index contributed by atoms with van der Waals surface area (Å²) in [6.07, 6.45) is 1.86. The summed E-state index contributed by atoms with van der Waals surface area (Å²) in [5.41, 5.74) is 2.95. The molecular weight excluding hydrogens is 320 g/mol. The summed E-state index contributed by atoms with van der Waals surface area (Å²) in [7, 11) is 3.37. The lowest BCUT2D eigenvalue weighted by molar-refractivity contribution is -0.121. The van der Waals surface area contributed by atoms with Crippen molar-refractivity contribution in [1.29, 1.82) is 0 Å². The number of ether oxygens (including phenoxy) is 1. The van der Waals surface area contributed by atoms with Crippen molar-refractivity contribution in [3.05, 3.63) is 64.6 Å². The number of likely N-dealkylation sites (N-methyl/N-ethyl adjacent to an activating group) is 1. The number of amidine groups is 1. The summed E-state index contributed by atoms with van der Waals surface area (Å²) in [6.45, 7) is 2.03. The molecule has 0 radical (unpaired) electrons. The summed E-state index contributed by atoms with van der Waals surface area (Å²) in [4.78, 5) is 19.2. The number of hydrogen-bond donors (Lipinski definition) is 0. The predicted molar refractivity (Wildman–Crippen MR) is 99.6 cm³/mol. The molecule has 0 bridgehead atoms. The standard InChI is InChI=1S/C19H18N2O2S/c1-13-7-9-15(10-8-13)20-19-21(2)18(22)17(24-19)12-14-5-4-6-16(11-14)23-3/h4-12H,1-3H3. The summed E-state index contributed by atoms with van der Waals surface area (Å²) < 4.78 is 5.22. The van der Waals surface area contributed by atoms with Gasteiger partial charge in [0, 0.05) is 7.05 Å². The predicted octanol–water partition coefficient (Wildman–Crippen LogP) is 4.24. The topological polar surface area (TPSA) is 41.9 Å². The number of hydrogen-bond acceptors (Lipinski definition) is 4. The minimum absolute atomic E-state index is 0.0475. The Morgan fingerprint density at radius 1 is 1.17 bits per heavy atom. The first kappa shape index (κ1) is 16.3. The highest BCUT2D eigenvalue weighted by molar-refractivity contribution is 8.18. The number of nitrogens with zero attached hydrogens (tertiary/aromatic N) is 2. The number of aryl methyl sites for hydroxylation is 1. The Labute approximate surface area is 145 Å². The summed E-state index contributed by atoms with van der Waals surface area (Å²) >= 11 is 1.38. The van der Waals surface area contributed by atoms with E-state index in [1.165, 1.54) is 17.3 Å². The van der Waals surface area contributed by atoms with Gasteiger partial charge in [0.1, 0.15) is 5.75 Å². The third-order valence-electron chi connectivity index (χ3n) is 3.65. The molecule has 0 N–H and O–H groups in total. The van der Waals surface area contributed by atoms with Gasteiger partial charge in [-0.1, -0.05) is 29.8 Å². The number of benzene rings is 2. The lowest BCUT2D eigenvalue weighted by atomic mass is 10.2. The zero-order chi connectivity index (χ0) is 17.1. The molecule has 4 nitrogen and oxygen atoms in total. The Bertz CT molecular complexity index is 826. The highest BCUT2D eigenvalue weighted by Gasteiger charge is 2.30. The third-order valence-corrected chi connectivity index (χ3v) is 4.71. The molecule has 3 rings (SSSR count). The largest absolute Gasteiger partial charge is 0.497 e. The molecule has 122 valence electrons. The second-order valence-corrected chi connectivity index (χ2v) is 6.49. The molecule has 5 heteroatoms. The third kappa shape index (κ3) is 3.51. The molecule has 0 aromatic heterocycles. The van der Waals surface area contributed by atoms with Crippen molar-refractivity contribution in [1.82, 2.24) is 4.90 Å². The van der Waals surface area contributed by atoms with Crippen LogP contribution in [0.4, 0.5) is 5.69 Å². The highest BCUT2D eigenvalue weighted by Crippen LogP contribution is 2.33. The van der Waals surface area contributed by atoms with Gasteiger partial charge in [0.25, 0.3) is 5.91 Å². The van der Waals surface area contributed by atoms with Gasteiger partial charge in [0.2, 0.25) is 0 Å². The second kappa shape index (κ2) is 6.93. The van der Waals surface area contributed by atoms with E-state index in [0.29, 0.717) is 10.1 Å². The number of carbonyl (C=O) groups is 1. The molecule has 0 atom stereocenters. The number of aliphatic imine (C=N–C) groups is 1. The molecule has 1 fully saturated rings. The zero-order valence-corrected chi connectivity index (χ0v) is 14.6. The van der Waals surface area contributed by atoms with Crippen LogP contribution in [0.2, 0.25) is 0 Å². The number of rotatable bonds is 3. The summed E-state index contributed by atoms with van der Waals surface area (Å²) in [5, 5.41) is 0.679. The first-order valence-corrected chi connectivity index (χ1v) is 8.35. The Hall–Kier alpha value is -2.53. The molecule has 0 saturated carbocycles. The maximum absolute atomic E-state index is 12.4. The van der Waals surface area contributed by atoms with Gasteiger partial charge in [0.05, 0.1) is 17.7 Å². The number of methoxy groups -OCH3 is 1. The normalized spacial score (nSPS) is 17.8. The Balaban J connectivity index is 1.88. The van der Waals surface area contributed by atoms with Crippen LogP contribution in [0.15, 0.2) is 58.4 Å². The first-order chi connectivity index (χ1) is 11.6. The number of thioether (sulfide) groups is 1. The van der Waals surface area contributed by atoms with Crippen LogP contribution >= 0.6 is 11.8 Å². The van der Waals surface area contributed by atoms with Crippen molar-refractivity contribution >= 4 is 34.6 Å². The van der Waals surface area contributed by atoms with Crippen LogP contribution in [0.5, 0.6) is 5.75 Å². The van der Waals surface area contributed by atoms with E-state index in [1.807, 2.05) is 61.5 Å². The lowest BCUT2D eigenvalue weighted by Gasteiger charge is -2.07. The van der Waals surface area contributed by atoms with Crippen LogP contribution in [0, 0.1) is 6.92 Å². The summed E-state index contributed by atoms with van der Waals surface area (Å²) in [6, 6.07) is 15.5. The molecule has 1 amide bonds. The molecule has 2 aromatic rings. The van der Waals surface area contributed by atoms with E-state index in [4.69, 9.17) is 4.74 Å². The molecule has 1 saturated heterocycles. The van der Waals surface area contributed by atoms with Gasteiger partial charge in [-0.25, -0.2) is 4.99 Å². The molecule has 1 aliphatic heterocycles. The van der Waals surface area contributed by atoms with Gasteiger partial charge < -0.3 is 4.74 Å². The molecular formula is C19H18N2O2S. The van der Waals surface area contributed by atoms with Crippen molar-refractivity contribution < 1.29 is 9.53 Å². The Morgan fingerprint density at radius 2 is 1.92 bits per heavy atom. The van der Waals surface area contributed by atoms with Crippen LogP contribution in [-0.2, 0) is 4.79 Å². The van der Waals surface area contributed by atoms with Gasteiger partial charge in [-0.2, -0.15) is 0 Å². The van der Waals surface area contributed by atoms with E-state index in [1.54, 1.807) is 19.1 Å². The van der Waals surface area contributed by atoms with E-state index in [0.717, 1.165) is 17.0 Å². The maximum Gasteiger partial charge on any atom is 0.266 e. The SMILES string of the molecule is COc1cccc(C=C2SC(=Nc3ccc(C)cc3)N(C)C2=O)c1. The van der Waals surface area contributed by atoms with Crippen molar-refractivity contribution in [3.63, 3.8) is 0 Å². The molecule has 1 heterocycles. The molecule has 2 aromatic carbocycles. The second-order valence-electron chi connectivity index (χ2n) is 5.48. The van der Waals surface area contributed by atoms with E-state index in [2.05, 4.69) is 4.99 Å². The van der Waals surface area contributed by atoms with Crippen molar-refractivity contribution in [3.8, 4) is 5.75 Å². The minimum Gasteiger partial charge on any atom is -0.497 e. The minimum atomic E-state index is -0.0475. The van der Waals surface area contributed by atoms with Crippen molar-refractivity contribution in [2.45, 2.75) is 6.92 Å².